The van der Waals surface area contributed by atoms with Gasteiger partial charge < -0.3 is 5.32 Å². The van der Waals surface area contributed by atoms with Gasteiger partial charge in [-0.05, 0) is 84.0 Å². The molecule has 2 aliphatic rings. The van der Waals surface area contributed by atoms with E-state index in [-0.39, 0.29) is 51.7 Å². The minimum Gasteiger partial charge on any atom is -0.352 e. The van der Waals surface area contributed by atoms with Gasteiger partial charge in [0.05, 0.1) is 23.7 Å². The zero-order valence-corrected chi connectivity index (χ0v) is 22.4. The number of nitrogens with zero attached hydrogens (tertiary/aromatic N) is 5. The number of alkyl halides is 6. The van der Waals surface area contributed by atoms with Gasteiger partial charge in [0.1, 0.15) is 23.5 Å². The molecule has 0 unspecified atom stereocenters. The molecule has 3 heterocycles. The summed E-state index contributed by atoms with van der Waals surface area (Å²) in [6.45, 7) is 1.22. The van der Waals surface area contributed by atoms with Gasteiger partial charge in [-0.1, -0.05) is 6.92 Å². The minimum atomic E-state index is -4.72. The highest BCUT2D eigenvalue weighted by Crippen LogP contribution is 2.43. The Morgan fingerprint density at radius 3 is 2.40 bits per heavy atom. The fourth-order valence-corrected chi connectivity index (χ4v) is 5.12. The smallest absolute Gasteiger partial charge is 0.352 e. The molecule has 4 aromatic rings. The van der Waals surface area contributed by atoms with Crippen molar-refractivity contribution in [2.45, 2.75) is 50.6 Å². The highest BCUT2D eigenvalue weighted by atomic mass is 19.4. The van der Waals surface area contributed by atoms with E-state index in [1.807, 2.05) is 0 Å². The summed E-state index contributed by atoms with van der Waals surface area (Å²) in [5, 5.41) is 19.0. The number of nitriles is 1. The van der Waals surface area contributed by atoms with Gasteiger partial charge in [-0.25, -0.2) is 9.97 Å². The zero-order valence-electron chi connectivity index (χ0n) is 22.4. The average Bonchev–Trinajstić information content (AvgIpc) is 3.36. The number of aromatic amines is 1. The number of pyridine rings is 1. The number of amides is 1. The highest BCUT2D eigenvalue weighted by molar-refractivity contribution is 6.10. The summed E-state index contributed by atoms with van der Waals surface area (Å²) in [4.78, 5) is 23.1. The summed E-state index contributed by atoms with van der Waals surface area (Å²) in [6.07, 6.45) is -6.98. The van der Waals surface area contributed by atoms with E-state index in [0.717, 1.165) is 23.1 Å². The number of halogens is 6. The first-order valence-corrected chi connectivity index (χ1v) is 13.2. The number of hydrogen-bond donors (Lipinski definition) is 2. The van der Waals surface area contributed by atoms with Gasteiger partial charge in [0.25, 0.3) is 5.91 Å². The second-order valence-electron chi connectivity index (χ2n) is 10.4. The van der Waals surface area contributed by atoms with Crippen molar-refractivity contribution in [2.24, 2.45) is 0 Å². The van der Waals surface area contributed by atoms with Crippen LogP contribution in [-0.2, 0) is 25.3 Å². The largest absolute Gasteiger partial charge is 0.416 e. The molecular formula is C29H21F6N7O. The fraction of sp³-hybridized carbons (Fsp3) is 0.276. The van der Waals surface area contributed by atoms with Crippen LogP contribution in [0.4, 0.5) is 38.0 Å². The van der Waals surface area contributed by atoms with Crippen LogP contribution in [0.2, 0.25) is 0 Å². The van der Waals surface area contributed by atoms with Crippen LogP contribution in [0.3, 0.4) is 0 Å². The van der Waals surface area contributed by atoms with Gasteiger partial charge in [-0.3, -0.25) is 14.8 Å². The van der Waals surface area contributed by atoms with Crippen LogP contribution in [-0.4, -0.2) is 31.6 Å². The molecule has 1 aliphatic carbocycles. The lowest BCUT2D eigenvalue weighted by Gasteiger charge is -2.20. The Morgan fingerprint density at radius 1 is 1.02 bits per heavy atom. The number of benzene rings is 2. The number of hydrogen-bond acceptors (Lipinski definition) is 6. The number of anilines is 2. The van der Waals surface area contributed by atoms with Gasteiger partial charge in [-0.15, -0.1) is 0 Å². The zero-order chi connectivity index (χ0) is 30.7. The number of carbonyl (C=O) groups excluding carboxylic acids is 1. The maximum Gasteiger partial charge on any atom is 0.416 e. The lowest BCUT2D eigenvalue weighted by molar-refractivity contribution is -0.138. The molecule has 6 rings (SSSR count). The molecule has 1 fully saturated rings. The maximum atomic E-state index is 14.0. The first-order valence-electron chi connectivity index (χ1n) is 13.2. The lowest BCUT2D eigenvalue weighted by Crippen LogP contribution is -2.25. The van der Waals surface area contributed by atoms with Gasteiger partial charge in [0.2, 0.25) is 0 Å². The highest BCUT2D eigenvalue weighted by Gasteiger charge is 2.44. The molecular weight excluding hydrogens is 576 g/mol. The summed E-state index contributed by atoms with van der Waals surface area (Å²) in [7, 11) is 0. The van der Waals surface area contributed by atoms with E-state index < -0.39 is 41.5 Å². The molecule has 2 N–H and O–H groups in total. The second kappa shape index (κ2) is 9.82. The molecule has 1 aliphatic heterocycles. The Morgan fingerprint density at radius 2 is 1.79 bits per heavy atom. The first kappa shape index (κ1) is 28.2. The van der Waals surface area contributed by atoms with Crippen molar-refractivity contribution in [3.8, 4) is 28.6 Å². The Labute approximate surface area is 240 Å². The van der Waals surface area contributed by atoms with Gasteiger partial charge in [-0.2, -0.15) is 36.7 Å². The molecule has 220 valence electrons. The fourth-order valence-electron chi connectivity index (χ4n) is 5.12. The van der Waals surface area contributed by atoms with E-state index in [1.54, 1.807) is 6.92 Å². The first-order chi connectivity index (χ1) is 20.3. The third kappa shape index (κ3) is 5.15. The Kier molecular flexibility index (Phi) is 6.44. The quantitative estimate of drug-likeness (QED) is 0.238. The summed E-state index contributed by atoms with van der Waals surface area (Å²) >= 11 is 0. The number of aromatic nitrogens is 4. The number of carbonyl (C=O) groups is 1. The maximum absolute atomic E-state index is 14.0. The normalized spacial score (nSPS) is 15.8. The van der Waals surface area contributed by atoms with Crippen LogP contribution in [0, 0.1) is 11.3 Å². The number of aryl methyl sites for hydroxylation is 1. The SMILES string of the molecule is CCc1cc2c(c(C(F)(F)F)c1)CN(c1cc(-c3cc(C(F)(F)F)ccc3-c3ncn[nH]3)cc(NC3(C#N)CC3)n1)C2=O. The van der Waals surface area contributed by atoms with Crippen molar-refractivity contribution in [1.29, 1.82) is 5.26 Å². The van der Waals surface area contributed by atoms with E-state index in [1.165, 1.54) is 30.6 Å². The predicted octanol–water partition coefficient (Wildman–Crippen LogP) is 6.76. The van der Waals surface area contributed by atoms with Crippen LogP contribution in [0.15, 0.2) is 48.8 Å². The summed E-state index contributed by atoms with van der Waals surface area (Å²) in [5.41, 5.74) is -2.39. The minimum absolute atomic E-state index is 0.0495. The van der Waals surface area contributed by atoms with Crippen molar-refractivity contribution in [3.05, 3.63) is 76.6 Å². The second-order valence-corrected chi connectivity index (χ2v) is 10.4. The standard InChI is InChI=1S/C29H21F6N7O/c1-2-15-7-20-21(22(8-15)29(33,34)35)12-42(26(20)43)24-10-16(9-23(39-24)40-27(13-36)5-6-27)19-11-17(28(30,31)32)3-4-18(19)25-37-14-38-41-25/h3-4,7-11,14H,2,5-6,12H2,1H3,(H,39,40)(H,37,38,41). The topological polar surface area (TPSA) is 111 Å². The van der Waals surface area contributed by atoms with Crippen molar-refractivity contribution >= 4 is 17.5 Å². The molecule has 43 heavy (non-hydrogen) atoms. The summed E-state index contributed by atoms with van der Waals surface area (Å²) < 4.78 is 83.4. The van der Waals surface area contributed by atoms with Crippen LogP contribution in [0.5, 0.6) is 0 Å². The van der Waals surface area contributed by atoms with Crippen molar-refractivity contribution < 1.29 is 31.1 Å². The van der Waals surface area contributed by atoms with E-state index in [2.05, 4.69) is 31.6 Å². The summed E-state index contributed by atoms with van der Waals surface area (Å²) in [6, 6.07) is 10.4. The van der Waals surface area contributed by atoms with Crippen molar-refractivity contribution in [1.82, 2.24) is 20.2 Å². The Bertz CT molecular complexity index is 1790. The average molecular weight is 598 g/mol. The molecule has 2 aromatic heterocycles. The molecule has 0 saturated heterocycles. The van der Waals surface area contributed by atoms with E-state index in [0.29, 0.717) is 18.4 Å². The van der Waals surface area contributed by atoms with Crippen LogP contribution in [0.1, 0.15) is 52.4 Å². The molecule has 1 saturated carbocycles. The molecule has 2 aromatic carbocycles. The predicted molar refractivity (Wildman–Crippen MR) is 143 cm³/mol. The molecule has 8 nitrogen and oxygen atoms in total. The Hall–Kier alpha value is -4.93. The van der Waals surface area contributed by atoms with E-state index in [4.69, 9.17) is 0 Å². The number of rotatable bonds is 6. The third-order valence-corrected chi connectivity index (χ3v) is 7.56. The third-order valence-electron chi connectivity index (χ3n) is 7.56. The Balaban J connectivity index is 1.53. The van der Waals surface area contributed by atoms with Crippen LogP contribution < -0.4 is 10.2 Å². The van der Waals surface area contributed by atoms with Crippen LogP contribution in [0.25, 0.3) is 22.5 Å². The van der Waals surface area contributed by atoms with Gasteiger partial charge >= 0.3 is 12.4 Å². The number of H-pyrrole nitrogens is 1. The molecule has 0 radical (unpaired) electrons. The number of nitrogens with one attached hydrogen (secondary N) is 2. The summed E-state index contributed by atoms with van der Waals surface area (Å²) in [5.74, 6) is -0.588. The molecule has 0 bridgehead atoms. The van der Waals surface area contributed by atoms with Crippen molar-refractivity contribution in [3.63, 3.8) is 0 Å². The molecule has 14 heteroatoms. The number of fused-ring (bicyclic) bond motifs is 1. The van der Waals surface area contributed by atoms with Crippen molar-refractivity contribution in [2.75, 3.05) is 10.2 Å². The van der Waals surface area contributed by atoms with Gasteiger partial charge in [0, 0.05) is 11.1 Å². The van der Waals surface area contributed by atoms with E-state index >= 15 is 0 Å². The van der Waals surface area contributed by atoms with Gasteiger partial charge in [0.15, 0.2) is 5.82 Å². The lowest BCUT2D eigenvalue weighted by atomic mass is 9.96. The molecule has 0 spiro atoms. The van der Waals surface area contributed by atoms with Crippen LogP contribution >= 0.6 is 0 Å². The molecule has 1 amide bonds. The van der Waals surface area contributed by atoms with E-state index in [9.17, 15) is 36.4 Å². The monoisotopic (exact) mass is 597 g/mol. The molecule has 0 atom stereocenters.